The van der Waals surface area contributed by atoms with Crippen LogP contribution in [0.5, 0.6) is 0 Å². The molecule has 0 aromatic heterocycles. The summed E-state index contributed by atoms with van der Waals surface area (Å²) in [5.41, 5.74) is 0.759. The molecule has 0 aliphatic rings. The summed E-state index contributed by atoms with van der Waals surface area (Å²) in [7, 11) is -4.04. The monoisotopic (exact) mass is 272 g/mol. The van der Waals surface area contributed by atoms with Crippen LogP contribution >= 0.6 is 0 Å². The van der Waals surface area contributed by atoms with Crippen LogP contribution in [0.25, 0.3) is 0 Å². The van der Waals surface area contributed by atoms with Crippen LogP contribution in [-0.4, -0.2) is 30.0 Å². The van der Waals surface area contributed by atoms with Gasteiger partial charge in [0.1, 0.15) is 0 Å². The lowest BCUT2D eigenvalue weighted by Crippen LogP contribution is -2.47. The van der Waals surface area contributed by atoms with E-state index in [1.807, 2.05) is 6.07 Å². The van der Waals surface area contributed by atoms with E-state index in [1.165, 1.54) is 13.8 Å². The Morgan fingerprint density at radius 2 is 1.89 bits per heavy atom. The van der Waals surface area contributed by atoms with Gasteiger partial charge in [-0.25, -0.2) is 4.79 Å². The molecule has 0 heterocycles. The number of nitrogens with zero attached hydrogens (tertiary/aromatic N) is 1. The molecule has 1 aromatic rings. The lowest BCUT2D eigenvalue weighted by molar-refractivity contribution is 0.164. The van der Waals surface area contributed by atoms with Crippen molar-refractivity contribution < 1.29 is 18.3 Å². The first-order chi connectivity index (χ1) is 8.34. The molecule has 1 aromatic carbocycles. The minimum absolute atomic E-state index is 0.0552. The maximum absolute atomic E-state index is 11.8. The summed E-state index contributed by atoms with van der Waals surface area (Å²) in [6, 6.07) is 8.22. The van der Waals surface area contributed by atoms with E-state index in [0.29, 0.717) is 4.31 Å². The van der Waals surface area contributed by atoms with Crippen molar-refractivity contribution in [3.05, 3.63) is 35.9 Å². The average molecular weight is 272 g/mol. The van der Waals surface area contributed by atoms with E-state index in [1.54, 1.807) is 24.3 Å². The fourth-order valence-corrected chi connectivity index (χ4v) is 2.69. The number of carboxylic acid groups (broad SMARTS) is 1. The molecule has 18 heavy (non-hydrogen) atoms. The summed E-state index contributed by atoms with van der Waals surface area (Å²) in [6.07, 6.45) is -1.49. The van der Waals surface area contributed by atoms with Crippen molar-refractivity contribution >= 4 is 16.3 Å². The van der Waals surface area contributed by atoms with E-state index in [9.17, 15) is 13.2 Å². The van der Waals surface area contributed by atoms with Crippen LogP contribution < -0.4 is 4.72 Å². The summed E-state index contributed by atoms with van der Waals surface area (Å²) in [5.74, 6) is 0. The molecule has 7 heteroatoms. The molecule has 0 spiro atoms. The van der Waals surface area contributed by atoms with E-state index < -0.39 is 22.3 Å². The van der Waals surface area contributed by atoms with Crippen LogP contribution in [0.4, 0.5) is 4.79 Å². The molecular weight excluding hydrogens is 256 g/mol. The maximum atomic E-state index is 11.8. The van der Waals surface area contributed by atoms with E-state index in [2.05, 4.69) is 4.72 Å². The molecule has 100 valence electrons. The van der Waals surface area contributed by atoms with Crippen molar-refractivity contribution in [3.8, 4) is 0 Å². The second-order valence-corrected chi connectivity index (χ2v) is 5.62. The van der Waals surface area contributed by atoms with Crippen molar-refractivity contribution in [2.24, 2.45) is 0 Å². The number of amides is 1. The Morgan fingerprint density at radius 3 is 2.33 bits per heavy atom. The minimum Gasteiger partial charge on any atom is -0.464 e. The number of carbonyl (C=O) groups is 1. The predicted molar refractivity (Wildman–Crippen MR) is 67.2 cm³/mol. The Kier molecular flexibility index (Phi) is 4.69. The fraction of sp³-hybridized carbons (Fsp3) is 0.364. The number of benzene rings is 1. The summed E-state index contributed by atoms with van der Waals surface area (Å²) >= 11 is 0. The summed E-state index contributed by atoms with van der Waals surface area (Å²) in [5, 5.41) is 8.88. The highest BCUT2D eigenvalue weighted by Gasteiger charge is 2.29. The van der Waals surface area contributed by atoms with E-state index in [-0.39, 0.29) is 6.54 Å². The number of hydrogen-bond donors (Lipinski definition) is 2. The largest absolute Gasteiger partial charge is 0.464 e. The number of nitrogens with one attached hydrogen (secondary N) is 1. The molecule has 0 saturated carbocycles. The second-order valence-electron chi connectivity index (χ2n) is 3.98. The molecule has 6 nitrogen and oxygen atoms in total. The molecular formula is C11H16N2O4S. The number of hydrogen-bond acceptors (Lipinski definition) is 3. The third-order valence-electron chi connectivity index (χ3n) is 2.22. The standard InChI is InChI=1S/C11H16N2O4S/c1-9(2)13(11(14)15)18(16,17)12-8-10-6-4-3-5-7-10/h3-7,9,12H,8H2,1-2H3,(H,14,15). The normalized spacial score (nSPS) is 11.5. The van der Waals surface area contributed by atoms with Crippen molar-refractivity contribution in [1.82, 2.24) is 9.03 Å². The zero-order chi connectivity index (χ0) is 13.8. The van der Waals surface area contributed by atoms with Gasteiger partial charge in [-0.2, -0.15) is 17.4 Å². The van der Waals surface area contributed by atoms with Gasteiger partial charge in [-0.3, -0.25) is 0 Å². The predicted octanol–water partition coefficient (Wildman–Crippen LogP) is 1.41. The van der Waals surface area contributed by atoms with Crippen LogP contribution in [0.15, 0.2) is 30.3 Å². The topological polar surface area (TPSA) is 86.7 Å². The molecule has 2 N–H and O–H groups in total. The third kappa shape index (κ3) is 3.71. The molecule has 0 unspecified atom stereocenters. The van der Waals surface area contributed by atoms with Crippen LogP contribution in [0.3, 0.4) is 0 Å². The molecule has 0 atom stereocenters. The first kappa shape index (κ1) is 14.5. The molecule has 0 fully saturated rings. The van der Waals surface area contributed by atoms with Crippen LogP contribution in [0.2, 0.25) is 0 Å². The average Bonchev–Trinajstić information content (AvgIpc) is 2.26. The van der Waals surface area contributed by atoms with Gasteiger partial charge in [0.25, 0.3) is 0 Å². The van der Waals surface area contributed by atoms with Crippen molar-refractivity contribution in [3.63, 3.8) is 0 Å². The Bertz CT molecular complexity index is 499. The molecule has 0 aliphatic carbocycles. The third-order valence-corrected chi connectivity index (χ3v) is 3.82. The lowest BCUT2D eigenvalue weighted by Gasteiger charge is -2.23. The smallest absolute Gasteiger partial charge is 0.422 e. The maximum Gasteiger partial charge on any atom is 0.422 e. The highest BCUT2D eigenvalue weighted by Crippen LogP contribution is 2.07. The van der Waals surface area contributed by atoms with Crippen molar-refractivity contribution in [2.45, 2.75) is 26.4 Å². The first-order valence-corrected chi connectivity index (χ1v) is 6.84. The van der Waals surface area contributed by atoms with Crippen LogP contribution in [0.1, 0.15) is 19.4 Å². The van der Waals surface area contributed by atoms with E-state index in [0.717, 1.165) is 5.56 Å². The summed E-state index contributed by atoms with van der Waals surface area (Å²) in [4.78, 5) is 10.9. The molecule has 0 radical (unpaired) electrons. The molecule has 0 saturated heterocycles. The minimum atomic E-state index is -4.04. The van der Waals surface area contributed by atoms with Gasteiger partial charge in [0.05, 0.1) is 0 Å². The Hall–Kier alpha value is -1.60. The van der Waals surface area contributed by atoms with Gasteiger partial charge in [0.2, 0.25) is 0 Å². The van der Waals surface area contributed by atoms with Gasteiger partial charge in [-0.1, -0.05) is 30.3 Å². The zero-order valence-corrected chi connectivity index (χ0v) is 11.0. The van der Waals surface area contributed by atoms with Gasteiger partial charge < -0.3 is 5.11 Å². The fourth-order valence-electron chi connectivity index (χ4n) is 1.44. The quantitative estimate of drug-likeness (QED) is 0.848. The Labute approximate surface area is 106 Å². The molecule has 0 bridgehead atoms. The van der Waals surface area contributed by atoms with Crippen LogP contribution in [0, 0.1) is 0 Å². The van der Waals surface area contributed by atoms with Crippen LogP contribution in [-0.2, 0) is 16.8 Å². The molecule has 0 aliphatic heterocycles. The van der Waals surface area contributed by atoms with Gasteiger partial charge in [-0.05, 0) is 19.4 Å². The Morgan fingerprint density at radius 1 is 1.33 bits per heavy atom. The number of rotatable bonds is 5. The van der Waals surface area contributed by atoms with Crippen molar-refractivity contribution in [1.29, 1.82) is 0 Å². The van der Waals surface area contributed by atoms with Gasteiger partial charge in [-0.15, -0.1) is 0 Å². The van der Waals surface area contributed by atoms with E-state index in [4.69, 9.17) is 5.11 Å². The second kappa shape index (κ2) is 5.83. The van der Waals surface area contributed by atoms with Gasteiger partial charge >= 0.3 is 16.3 Å². The van der Waals surface area contributed by atoms with E-state index >= 15 is 0 Å². The zero-order valence-electron chi connectivity index (χ0n) is 10.2. The molecule has 1 amide bonds. The first-order valence-electron chi connectivity index (χ1n) is 5.40. The lowest BCUT2D eigenvalue weighted by atomic mass is 10.2. The highest BCUT2D eigenvalue weighted by atomic mass is 32.2. The van der Waals surface area contributed by atoms with Gasteiger partial charge in [0.15, 0.2) is 0 Å². The molecule has 1 rings (SSSR count). The summed E-state index contributed by atoms with van der Waals surface area (Å²) in [6.45, 7) is 3.05. The summed E-state index contributed by atoms with van der Waals surface area (Å²) < 4.78 is 26.3. The Balaban J connectivity index is 2.78. The highest BCUT2D eigenvalue weighted by molar-refractivity contribution is 7.87. The van der Waals surface area contributed by atoms with Crippen molar-refractivity contribution in [2.75, 3.05) is 0 Å². The SMILES string of the molecule is CC(C)N(C(=O)O)S(=O)(=O)NCc1ccccc1. The van der Waals surface area contributed by atoms with Gasteiger partial charge in [0, 0.05) is 12.6 Å².